The van der Waals surface area contributed by atoms with Crippen LogP contribution in [-0.4, -0.2) is 42.7 Å². The molecule has 5 N–H and O–H groups in total. The molecule has 1 amide bonds. The van der Waals surface area contributed by atoms with Crippen LogP contribution in [0.4, 0.5) is 0 Å². The third kappa shape index (κ3) is 32.5. The van der Waals surface area contributed by atoms with Crippen LogP contribution in [0.2, 0.25) is 0 Å². The lowest BCUT2D eigenvalue weighted by molar-refractivity contribution is -0.118. The molecule has 0 aromatic carbocycles. The molecule has 0 aliphatic rings. The summed E-state index contributed by atoms with van der Waals surface area (Å²) < 4.78 is 5.54. The third-order valence-corrected chi connectivity index (χ3v) is 2.13. The Morgan fingerprint density at radius 2 is 1.71 bits per heavy atom. The van der Waals surface area contributed by atoms with Crippen molar-refractivity contribution in [2.45, 2.75) is 65.5 Å². The van der Waals surface area contributed by atoms with Gasteiger partial charge in [-0.1, -0.05) is 13.8 Å². The molecule has 1 atom stereocenters. The number of hydrogen-bond donors (Lipinski definition) is 3. The highest BCUT2D eigenvalue weighted by molar-refractivity contribution is 5.74. The number of aliphatic hydroxyl groups excluding tert-OH is 1. The lowest BCUT2D eigenvalue weighted by Gasteiger charge is -2.19. The summed E-state index contributed by atoms with van der Waals surface area (Å²) in [5, 5.41) is 7.00. The monoisotopic (exact) mass is 306 g/mol. The highest BCUT2D eigenvalue weighted by Crippen LogP contribution is 2.09. The number of nitrogens with two attached hydrogens (primary N) is 2. The van der Waals surface area contributed by atoms with E-state index in [2.05, 4.69) is 34.6 Å². The van der Waals surface area contributed by atoms with Gasteiger partial charge in [-0.15, -0.1) is 0 Å². The number of carbonyl (C=O) groups is 2. The first kappa shape index (κ1) is 25.0. The van der Waals surface area contributed by atoms with E-state index in [4.69, 9.17) is 21.3 Å². The van der Waals surface area contributed by atoms with Gasteiger partial charge in [0, 0.05) is 20.1 Å². The number of aliphatic hydroxyl groups is 1. The van der Waals surface area contributed by atoms with Crippen molar-refractivity contribution in [2.24, 2.45) is 17.4 Å². The normalized spacial score (nSPS) is 11.7. The Kier molecular flexibility index (Phi) is 18.3. The van der Waals surface area contributed by atoms with Crippen molar-refractivity contribution >= 4 is 12.2 Å². The van der Waals surface area contributed by atoms with Crippen LogP contribution in [0.15, 0.2) is 0 Å². The SMILES string of the molecule is CC(C)CCOC(C)(C)C.CO.NC(=O)CCC(N)C=O. The van der Waals surface area contributed by atoms with Crippen molar-refractivity contribution in [3.63, 3.8) is 0 Å². The fraction of sp³-hybridized carbons (Fsp3) is 0.867. The molecule has 128 valence electrons. The van der Waals surface area contributed by atoms with Crippen molar-refractivity contribution in [2.75, 3.05) is 13.7 Å². The zero-order valence-electron chi connectivity index (χ0n) is 14.4. The molecule has 21 heavy (non-hydrogen) atoms. The van der Waals surface area contributed by atoms with Gasteiger partial charge >= 0.3 is 0 Å². The van der Waals surface area contributed by atoms with Crippen molar-refractivity contribution in [1.29, 1.82) is 0 Å². The molecular formula is C15H34N2O4. The maximum Gasteiger partial charge on any atom is 0.217 e. The van der Waals surface area contributed by atoms with Crippen LogP contribution in [0.25, 0.3) is 0 Å². The highest BCUT2D eigenvalue weighted by atomic mass is 16.5. The molecule has 0 heterocycles. The van der Waals surface area contributed by atoms with Gasteiger partial charge in [-0.25, -0.2) is 0 Å². The van der Waals surface area contributed by atoms with E-state index in [0.717, 1.165) is 26.1 Å². The molecule has 0 radical (unpaired) electrons. The summed E-state index contributed by atoms with van der Waals surface area (Å²) in [6, 6.07) is -0.544. The van der Waals surface area contributed by atoms with Crippen LogP contribution in [0.3, 0.4) is 0 Å². The first-order valence-corrected chi connectivity index (χ1v) is 7.16. The summed E-state index contributed by atoms with van der Waals surface area (Å²) in [5.74, 6) is 0.328. The fourth-order valence-electron chi connectivity index (χ4n) is 0.978. The van der Waals surface area contributed by atoms with Gasteiger partial charge in [-0.2, -0.15) is 0 Å². The van der Waals surface area contributed by atoms with Crippen molar-refractivity contribution < 1.29 is 19.4 Å². The second kappa shape index (κ2) is 15.4. The number of hydrogen-bond acceptors (Lipinski definition) is 5. The molecule has 6 heteroatoms. The highest BCUT2D eigenvalue weighted by Gasteiger charge is 2.09. The zero-order valence-corrected chi connectivity index (χ0v) is 14.4. The fourth-order valence-corrected chi connectivity index (χ4v) is 0.978. The molecule has 1 unspecified atom stereocenters. The van der Waals surface area contributed by atoms with Gasteiger partial charge in [0.2, 0.25) is 5.91 Å². The summed E-state index contributed by atoms with van der Waals surface area (Å²) in [4.78, 5) is 19.9. The Morgan fingerprint density at radius 1 is 1.24 bits per heavy atom. The smallest absolute Gasteiger partial charge is 0.217 e. The summed E-state index contributed by atoms with van der Waals surface area (Å²) in [6.45, 7) is 11.6. The van der Waals surface area contributed by atoms with E-state index in [-0.39, 0.29) is 12.0 Å². The molecule has 0 saturated heterocycles. The summed E-state index contributed by atoms with van der Waals surface area (Å²) in [6.07, 6.45) is 2.29. The number of primary amides is 1. The molecule has 0 fully saturated rings. The summed E-state index contributed by atoms with van der Waals surface area (Å²) >= 11 is 0. The lowest BCUT2D eigenvalue weighted by atomic mass is 10.1. The minimum absolute atomic E-state index is 0.0366. The minimum Gasteiger partial charge on any atom is -0.400 e. The number of ether oxygens (including phenoxy) is 1. The average molecular weight is 306 g/mol. The molecule has 6 nitrogen and oxygen atoms in total. The van der Waals surface area contributed by atoms with E-state index in [9.17, 15) is 9.59 Å². The Bertz CT molecular complexity index is 251. The van der Waals surface area contributed by atoms with E-state index in [1.807, 2.05) is 0 Å². The second-order valence-electron chi connectivity index (χ2n) is 5.95. The van der Waals surface area contributed by atoms with Crippen molar-refractivity contribution in [3.05, 3.63) is 0 Å². The van der Waals surface area contributed by atoms with E-state index in [1.165, 1.54) is 0 Å². The topological polar surface area (TPSA) is 116 Å². The van der Waals surface area contributed by atoms with E-state index < -0.39 is 11.9 Å². The first-order chi connectivity index (χ1) is 9.58. The molecule has 0 saturated carbocycles. The van der Waals surface area contributed by atoms with Crippen LogP contribution in [0, 0.1) is 5.92 Å². The van der Waals surface area contributed by atoms with Crippen LogP contribution < -0.4 is 11.5 Å². The first-order valence-electron chi connectivity index (χ1n) is 7.16. The van der Waals surface area contributed by atoms with Crippen LogP contribution in [0.1, 0.15) is 53.9 Å². The second-order valence-corrected chi connectivity index (χ2v) is 5.95. The predicted molar refractivity (Wildman–Crippen MR) is 85.8 cm³/mol. The zero-order chi connectivity index (χ0) is 17.5. The van der Waals surface area contributed by atoms with Gasteiger partial charge in [0.15, 0.2) is 0 Å². The maximum atomic E-state index is 10.1. The van der Waals surface area contributed by atoms with Crippen molar-refractivity contribution in [3.8, 4) is 0 Å². The standard InChI is InChI=1S/C9H20O.C5H10N2O2.CH4O/c1-8(2)6-7-10-9(3,4)5;6-4(3-8)1-2-5(7)9;1-2/h8H,6-7H2,1-5H3;3-4H,1-2,6H2,(H2,7,9);2H,1H3. The predicted octanol–water partition coefficient (Wildman–Crippen LogP) is 1.23. The Hall–Kier alpha value is -0.980. The van der Waals surface area contributed by atoms with E-state index >= 15 is 0 Å². The molecular weight excluding hydrogens is 272 g/mol. The lowest BCUT2D eigenvalue weighted by Crippen LogP contribution is -2.24. The van der Waals surface area contributed by atoms with Gasteiger partial charge < -0.3 is 26.1 Å². The van der Waals surface area contributed by atoms with Gasteiger partial charge in [0.1, 0.15) is 6.29 Å². The van der Waals surface area contributed by atoms with Crippen molar-refractivity contribution in [1.82, 2.24) is 0 Å². The summed E-state index contributed by atoms with van der Waals surface area (Å²) in [7, 11) is 1.00. The number of rotatable bonds is 7. The van der Waals surface area contributed by atoms with Crippen LogP contribution in [-0.2, 0) is 14.3 Å². The molecule has 0 aromatic rings. The molecule has 0 bridgehead atoms. The Labute approximate surface area is 129 Å². The molecule has 0 spiro atoms. The minimum atomic E-state index is -0.544. The number of carbonyl (C=O) groups excluding carboxylic acids is 2. The number of amides is 1. The maximum absolute atomic E-state index is 10.1. The summed E-state index contributed by atoms with van der Waals surface area (Å²) in [5.41, 5.74) is 9.97. The third-order valence-electron chi connectivity index (χ3n) is 2.13. The quantitative estimate of drug-likeness (QED) is 0.612. The average Bonchev–Trinajstić information content (AvgIpc) is 2.37. The van der Waals surface area contributed by atoms with Gasteiger partial charge in [-0.05, 0) is 39.5 Å². The Balaban J connectivity index is -0.000000277. The van der Waals surface area contributed by atoms with Crippen LogP contribution >= 0.6 is 0 Å². The molecule has 0 rings (SSSR count). The van der Waals surface area contributed by atoms with Gasteiger partial charge in [0.25, 0.3) is 0 Å². The largest absolute Gasteiger partial charge is 0.400 e. The number of aldehydes is 1. The van der Waals surface area contributed by atoms with Crippen LogP contribution in [0.5, 0.6) is 0 Å². The molecule has 0 aliphatic carbocycles. The van der Waals surface area contributed by atoms with E-state index in [1.54, 1.807) is 0 Å². The molecule has 0 aliphatic heterocycles. The van der Waals surface area contributed by atoms with Gasteiger partial charge in [0.05, 0.1) is 11.6 Å². The Morgan fingerprint density at radius 3 is 2.00 bits per heavy atom. The molecule has 0 aromatic heterocycles. The van der Waals surface area contributed by atoms with E-state index in [0.29, 0.717) is 12.7 Å². The van der Waals surface area contributed by atoms with Gasteiger partial charge in [-0.3, -0.25) is 4.79 Å².